The van der Waals surface area contributed by atoms with Gasteiger partial charge in [-0.2, -0.15) is 0 Å². The number of carbonyl (C=O) groups is 1. The van der Waals surface area contributed by atoms with Gasteiger partial charge >= 0.3 is 5.97 Å². The molecular formula is C15H22O4. The first-order chi connectivity index (χ1) is 9.13. The van der Waals surface area contributed by atoms with Crippen molar-refractivity contribution in [2.24, 2.45) is 11.3 Å². The Morgan fingerprint density at radius 2 is 1.95 bits per heavy atom. The highest BCUT2D eigenvalue weighted by atomic mass is 16.6. The van der Waals surface area contributed by atoms with Crippen LogP contribution in [0.25, 0.3) is 0 Å². The van der Waals surface area contributed by atoms with Crippen molar-refractivity contribution in [2.45, 2.75) is 69.9 Å². The largest absolute Gasteiger partial charge is 0.465 e. The van der Waals surface area contributed by atoms with Crippen LogP contribution in [-0.4, -0.2) is 37.0 Å². The molecule has 4 fully saturated rings. The van der Waals surface area contributed by atoms with E-state index in [2.05, 4.69) is 6.92 Å². The van der Waals surface area contributed by atoms with Crippen molar-refractivity contribution in [3.05, 3.63) is 0 Å². The molecule has 2 saturated carbocycles. The number of carbonyl (C=O) groups excluding carboxylic acids is 1. The third-order valence-corrected chi connectivity index (χ3v) is 5.31. The normalized spacial score (nSPS) is 50.9. The van der Waals surface area contributed by atoms with Crippen molar-refractivity contribution >= 4 is 5.97 Å². The molecule has 2 aliphatic carbocycles. The molecule has 0 bridgehead atoms. The van der Waals surface area contributed by atoms with Crippen molar-refractivity contribution in [1.82, 2.24) is 0 Å². The fourth-order valence-corrected chi connectivity index (χ4v) is 3.80. The van der Waals surface area contributed by atoms with Gasteiger partial charge in [0.05, 0.1) is 36.9 Å². The van der Waals surface area contributed by atoms with E-state index in [0.29, 0.717) is 31.0 Å². The second-order valence-electron chi connectivity index (χ2n) is 7.10. The van der Waals surface area contributed by atoms with E-state index in [1.807, 2.05) is 0 Å². The van der Waals surface area contributed by atoms with Gasteiger partial charge in [0, 0.05) is 5.41 Å². The summed E-state index contributed by atoms with van der Waals surface area (Å²) in [5.41, 5.74) is 0.126. The van der Waals surface area contributed by atoms with Crippen LogP contribution in [-0.2, 0) is 19.0 Å². The van der Waals surface area contributed by atoms with Crippen molar-refractivity contribution in [2.75, 3.05) is 6.61 Å². The molecule has 2 aliphatic heterocycles. The zero-order chi connectivity index (χ0) is 13.0. The van der Waals surface area contributed by atoms with E-state index in [0.717, 1.165) is 38.5 Å². The Morgan fingerprint density at radius 1 is 1.16 bits per heavy atom. The second-order valence-corrected chi connectivity index (χ2v) is 7.10. The third-order valence-electron chi connectivity index (χ3n) is 5.31. The summed E-state index contributed by atoms with van der Waals surface area (Å²) in [7, 11) is 0. The lowest BCUT2D eigenvalue weighted by molar-refractivity contribution is -0.153. The summed E-state index contributed by atoms with van der Waals surface area (Å²) in [6, 6.07) is 0. The van der Waals surface area contributed by atoms with Gasteiger partial charge in [-0.15, -0.1) is 0 Å². The van der Waals surface area contributed by atoms with Crippen LogP contribution in [0.4, 0.5) is 0 Å². The first kappa shape index (κ1) is 12.2. The number of ether oxygens (including phenoxy) is 3. The summed E-state index contributed by atoms with van der Waals surface area (Å²) in [6.07, 6.45) is 7.85. The van der Waals surface area contributed by atoms with Gasteiger partial charge in [0.15, 0.2) is 0 Å². The summed E-state index contributed by atoms with van der Waals surface area (Å²) in [6.45, 7) is 2.78. The highest BCUT2D eigenvalue weighted by Gasteiger charge is 2.50. The lowest BCUT2D eigenvalue weighted by Gasteiger charge is -2.31. The highest BCUT2D eigenvalue weighted by molar-refractivity contribution is 5.72. The van der Waals surface area contributed by atoms with Gasteiger partial charge in [0.2, 0.25) is 0 Å². The molecule has 0 aromatic rings. The van der Waals surface area contributed by atoms with E-state index in [4.69, 9.17) is 14.2 Å². The molecule has 6 unspecified atom stereocenters. The minimum Gasteiger partial charge on any atom is -0.465 e. The van der Waals surface area contributed by atoms with Crippen molar-refractivity contribution < 1.29 is 19.0 Å². The van der Waals surface area contributed by atoms with Crippen molar-refractivity contribution in [1.29, 1.82) is 0 Å². The van der Waals surface area contributed by atoms with Gasteiger partial charge in [-0.25, -0.2) is 0 Å². The zero-order valence-electron chi connectivity index (χ0n) is 11.5. The van der Waals surface area contributed by atoms with Crippen LogP contribution in [0.3, 0.4) is 0 Å². The summed E-state index contributed by atoms with van der Waals surface area (Å²) in [5, 5.41) is 0. The Bertz CT molecular complexity index is 396. The van der Waals surface area contributed by atoms with Crippen LogP contribution >= 0.6 is 0 Å². The van der Waals surface area contributed by atoms with Gasteiger partial charge in [-0.05, 0) is 38.5 Å². The summed E-state index contributed by atoms with van der Waals surface area (Å²) in [4.78, 5) is 12.1. The Kier molecular flexibility index (Phi) is 2.68. The minimum absolute atomic E-state index is 0.00554. The summed E-state index contributed by atoms with van der Waals surface area (Å²) in [5.74, 6) is 0.0647. The predicted octanol–water partition coefficient (Wildman–Crippen LogP) is 2.05. The Balaban J connectivity index is 1.28. The fraction of sp³-hybridized carbons (Fsp3) is 0.933. The van der Waals surface area contributed by atoms with Gasteiger partial charge in [-0.3, -0.25) is 4.79 Å². The molecule has 0 aromatic heterocycles. The molecular weight excluding hydrogens is 244 g/mol. The van der Waals surface area contributed by atoms with Crippen LogP contribution in [0.2, 0.25) is 0 Å². The van der Waals surface area contributed by atoms with E-state index in [1.165, 1.54) is 0 Å². The number of esters is 1. The standard InChI is InChI=1S/C15H22O4/c1-15(5-4-11-13(7-15)19-11)8-17-14(16)9-2-3-10-12(6-9)18-10/h9-13H,2-8H2,1H3. The topological polar surface area (TPSA) is 51.4 Å². The van der Waals surface area contributed by atoms with Crippen LogP contribution in [0.15, 0.2) is 0 Å². The van der Waals surface area contributed by atoms with E-state index >= 15 is 0 Å². The van der Waals surface area contributed by atoms with Crippen LogP contribution in [0, 0.1) is 11.3 Å². The SMILES string of the molecule is CC1(COC(=O)C2CCC3OC3C2)CCC2OC2C1. The van der Waals surface area contributed by atoms with E-state index < -0.39 is 0 Å². The monoisotopic (exact) mass is 266 g/mol. The molecule has 2 saturated heterocycles. The number of fused-ring (bicyclic) bond motifs is 2. The van der Waals surface area contributed by atoms with Crippen LogP contribution in [0.1, 0.15) is 45.4 Å². The molecule has 0 aromatic carbocycles. The zero-order valence-corrected chi connectivity index (χ0v) is 11.5. The summed E-state index contributed by atoms with van der Waals surface area (Å²) >= 11 is 0. The number of hydrogen-bond donors (Lipinski definition) is 0. The molecule has 2 heterocycles. The van der Waals surface area contributed by atoms with Crippen molar-refractivity contribution in [3.63, 3.8) is 0 Å². The first-order valence-corrected chi connectivity index (χ1v) is 7.61. The molecule has 4 rings (SSSR count). The van der Waals surface area contributed by atoms with Crippen LogP contribution < -0.4 is 0 Å². The van der Waals surface area contributed by atoms with Crippen LogP contribution in [0.5, 0.6) is 0 Å². The number of rotatable bonds is 3. The summed E-state index contributed by atoms with van der Waals surface area (Å²) < 4.78 is 16.6. The Labute approximate surface area is 113 Å². The number of hydrogen-bond acceptors (Lipinski definition) is 4. The molecule has 4 nitrogen and oxygen atoms in total. The lowest BCUT2D eigenvalue weighted by atomic mass is 9.76. The van der Waals surface area contributed by atoms with Crippen molar-refractivity contribution in [3.8, 4) is 0 Å². The van der Waals surface area contributed by atoms with Gasteiger partial charge in [0.1, 0.15) is 0 Å². The molecule has 19 heavy (non-hydrogen) atoms. The van der Waals surface area contributed by atoms with Gasteiger partial charge < -0.3 is 14.2 Å². The molecule has 0 spiro atoms. The molecule has 0 amide bonds. The fourth-order valence-electron chi connectivity index (χ4n) is 3.80. The quantitative estimate of drug-likeness (QED) is 0.579. The minimum atomic E-state index is -0.00554. The maximum Gasteiger partial charge on any atom is 0.309 e. The van der Waals surface area contributed by atoms with E-state index in [1.54, 1.807) is 0 Å². The van der Waals surface area contributed by atoms with E-state index in [9.17, 15) is 4.79 Å². The molecule has 0 radical (unpaired) electrons. The predicted molar refractivity (Wildman–Crippen MR) is 67.6 cm³/mol. The molecule has 106 valence electrons. The lowest BCUT2D eigenvalue weighted by Crippen LogP contribution is -2.33. The molecule has 4 aliphatic rings. The van der Waals surface area contributed by atoms with Gasteiger partial charge in [0.25, 0.3) is 0 Å². The Morgan fingerprint density at radius 3 is 2.74 bits per heavy atom. The average Bonchev–Trinajstić information content (AvgIpc) is 3.28. The van der Waals surface area contributed by atoms with E-state index in [-0.39, 0.29) is 17.3 Å². The highest BCUT2D eigenvalue weighted by Crippen LogP contribution is 2.46. The maximum absolute atomic E-state index is 12.1. The van der Waals surface area contributed by atoms with Gasteiger partial charge in [-0.1, -0.05) is 6.92 Å². The average molecular weight is 266 g/mol. The second kappa shape index (κ2) is 4.19. The maximum atomic E-state index is 12.1. The third kappa shape index (κ3) is 2.40. The smallest absolute Gasteiger partial charge is 0.309 e. The molecule has 4 heteroatoms. The molecule has 0 N–H and O–H groups in total. The molecule has 6 atom stereocenters. The Hall–Kier alpha value is -0.610. The number of epoxide rings is 2. The first-order valence-electron chi connectivity index (χ1n) is 7.61.